The normalized spacial score (nSPS) is 14.4. The zero-order valence-electron chi connectivity index (χ0n) is 11.6. The van der Waals surface area contributed by atoms with Crippen molar-refractivity contribution < 1.29 is 9.53 Å². The van der Waals surface area contributed by atoms with Gasteiger partial charge < -0.3 is 9.64 Å². The number of carbonyl (C=O) groups is 1. The molecule has 0 spiro atoms. The van der Waals surface area contributed by atoms with E-state index in [1.54, 1.807) is 0 Å². The molecule has 0 N–H and O–H groups in total. The van der Waals surface area contributed by atoms with E-state index in [2.05, 4.69) is 11.0 Å². The van der Waals surface area contributed by atoms with Gasteiger partial charge in [0, 0.05) is 19.3 Å². The largest absolute Gasteiger partial charge is 0.463 e. The number of nitrogens with zero attached hydrogens (tertiary/aromatic N) is 2. The summed E-state index contributed by atoms with van der Waals surface area (Å²) in [5.74, 6) is -0.211. The summed E-state index contributed by atoms with van der Waals surface area (Å²) in [6, 6.07) is 9.64. The van der Waals surface area contributed by atoms with E-state index in [0.717, 1.165) is 37.1 Å². The van der Waals surface area contributed by atoms with Crippen LogP contribution in [0.3, 0.4) is 0 Å². The van der Waals surface area contributed by atoms with Crippen molar-refractivity contribution in [2.75, 3.05) is 13.2 Å². The van der Waals surface area contributed by atoms with Crippen LogP contribution in [0.5, 0.6) is 0 Å². The van der Waals surface area contributed by atoms with Gasteiger partial charge in [0.05, 0.1) is 23.8 Å². The van der Waals surface area contributed by atoms with Gasteiger partial charge in [0.1, 0.15) is 0 Å². The second-order valence-corrected chi connectivity index (χ2v) is 4.76. The molecule has 4 nitrogen and oxygen atoms in total. The molecule has 1 aliphatic rings. The number of carbonyl (C=O) groups excluding carboxylic acids is 1. The number of hydrogen-bond donors (Lipinski definition) is 0. The van der Waals surface area contributed by atoms with Gasteiger partial charge in [-0.1, -0.05) is 12.1 Å². The molecule has 0 aliphatic carbocycles. The molecule has 0 radical (unpaired) electrons. The number of esters is 1. The molecule has 4 heteroatoms. The number of rotatable bonds is 4. The van der Waals surface area contributed by atoms with Crippen LogP contribution in [-0.2, 0) is 16.1 Å². The van der Waals surface area contributed by atoms with Crippen molar-refractivity contribution in [3.63, 3.8) is 0 Å². The molecule has 1 aromatic carbocycles. The van der Waals surface area contributed by atoms with Crippen LogP contribution in [0.25, 0.3) is 0 Å². The highest BCUT2D eigenvalue weighted by Gasteiger charge is 2.17. The van der Waals surface area contributed by atoms with Crippen molar-refractivity contribution in [1.82, 2.24) is 4.90 Å². The third kappa shape index (κ3) is 3.61. The quantitative estimate of drug-likeness (QED) is 0.789. The van der Waals surface area contributed by atoms with Crippen molar-refractivity contribution in [2.45, 2.75) is 26.3 Å². The molecular weight excluding hydrogens is 252 g/mol. The number of benzene rings is 1. The lowest BCUT2D eigenvalue weighted by Crippen LogP contribution is -2.25. The maximum absolute atomic E-state index is 11.7. The zero-order valence-corrected chi connectivity index (χ0v) is 11.6. The summed E-state index contributed by atoms with van der Waals surface area (Å²) in [6.45, 7) is 3.90. The number of hydrogen-bond acceptors (Lipinski definition) is 4. The molecule has 0 unspecified atom stereocenters. The summed E-state index contributed by atoms with van der Waals surface area (Å²) in [5.41, 5.74) is 2.53. The standard InChI is InChI=1S/C16H18N2O2/c1-2-20-16(19)15-4-3-9-18(12-15)11-14-7-5-13(10-17)6-8-14/h5-8,12H,2-4,9,11H2,1H3. The minimum absolute atomic E-state index is 0.211. The Morgan fingerprint density at radius 3 is 2.80 bits per heavy atom. The van der Waals surface area contributed by atoms with Crippen molar-refractivity contribution >= 4 is 5.97 Å². The summed E-state index contributed by atoms with van der Waals surface area (Å²) in [7, 11) is 0. The van der Waals surface area contributed by atoms with E-state index in [-0.39, 0.29) is 5.97 Å². The minimum atomic E-state index is -0.211. The second kappa shape index (κ2) is 6.76. The maximum atomic E-state index is 11.7. The van der Waals surface area contributed by atoms with Gasteiger partial charge in [-0.05, 0) is 37.5 Å². The van der Waals surface area contributed by atoms with E-state index < -0.39 is 0 Å². The molecule has 1 heterocycles. The molecule has 0 bridgehead atoms. The van der Waals surface area contributed by atoms with E-state index in [1.807, 2.05) is 37.4 Å². The molecule has 20 heavy (non-hydrogen) atoms. The molecule has 0 saturated heterocycles. The van der Waals surface area contributed by atoms with E-state index in [4.69, 9.17) is 10.00 Å². The third-order valence-corrected chi connectivity index (χ3v) is 3.24. The molecule has 2 rings (SSSR count). The summed E-state index contributed by atoms with van der Waals surface area (Å²) in [6.07, 6.45) is 3.64. The first-order valence-electron chi connectivity index (χ1n) is 6.84. The van der Waals surface area contributed by atoms with Crippen molar-refractivity contribution in [1.29, 1.82) is 5.26 Å². The summed E-state index contributed by atoms with van der Waals surface area (Å²) >= 11 is 0. The monoisotopic (exact) mass is 270 g/mol. The molecule has 1 aliphatic heterocycles. The van der Waals surface area contributed by atoms with Crippen LogP contribution in [0.2, 0.25) is 0 Å². The Labute approximate surface area is 119 Å². The maximum Gasteiger partial charge on any atom is 0.335 e. The average Bonchev–Trinajstić information content (AvgIpc) is 2.48. The molecule has 0 aromatic heterocycles. The Kier molecular flexibility index (Phi) is 4.78. The molecule has 0 fully saturated rings. The summed E-state index contributed by atoms with van der Waals surface area (Å²) < 4.78 is 5.04. The predicted octanol–water partition coefficient (Wildman–Crippen LogP) is 2.60. The Bertz CT molecular complexity index is 541. The smallest absolute Gasteiger partial charge is 0.335 e. The van der Waals surface area contributed by atoms with Crippen LogP contribution in [0, 0.1) is 11.3 Å². The average molecular weight is 270 g/mol. The predicted molar refractivity (Wildman–Crippen MR) is 75.5 cm³/mol. The molecule has 0 atom stereocenters. The third-order valence-electron chi connectivity index (χ3n) is 3.24. The van der Waals surface area contributed by atoms with Gasteiger partial charge >= 0.3 is 5.97 Å². The van der Waals surface area contributed by atoms with Gasteiger partial charge in [-0.25, -0.2) is 4.79 Å². The fourth-order valence-electron chi connectivity index (χ4n) is 2.24. The Balaban J connectivity index is 2.03. The molecule has 104 valence electrons. The van der Waals surface area contributed by atoms with Crippen molar-refractivity contribution in [2.24, 2.45) is 0 Å². The summed E-state index contributed by atoms with van der Waals surface area (Å²) in [4.78, 5) is 13.8. The fourth-order valence-corrected chi connectivity index (χ4v) is 2.24. The highest BCUT2D eigenvalue weighted by atomic mass is 16.5. The van der Waals surface area contributed by atoms with Crippen LogP contribution in [0.15, 0.2) is 36.0 Å². The van der Waals surface area contributed by atoms with E-state index in [9.17, 15) is 4.79 Å². The van der Waals surface area contributed by atoms with Crippen LogP contribution in [0.1, 0.15) is 30.9 Å². The zero-order chi connectivity index (χ0) is 14.4. The molecular formula is C16H18N2O2. The SMILES string of the molecule is CCOC(=O)C1=CN(Cc2ccc(C#N)cc2)CCC1. The van der Waals surface area contributed by atoms with Crippen molar-refractivity contribution in [3.05, 3.63) is 47.2 Å². The van der Waals surface area contributed by atoms with E-state index >= 15 is 0 Å². The van der Waals surface area contributed by atoms with Gasteiger partial charge in [0.15, 0.2) is 0 Å². The molecule has 0 saturated carbocycles. The molecule has 0 amide bonds. The van der Waals surface area contributed by atoms with E-state index in [1.165, 1.54) is 0 Å². The fraction of sp³-hybridized carbons (Fsp3) is 0.375. The highest BCUT2D eigenvalue weighted by Crippen LogP contribution is 2.18. The van der Waals surface area contributed by atoms with Gasteiger partial charge in [0.2, 0.25) is 0 Å². The number of ether oxygens (including phenoxy) is 1. The van der Waals surface area contributed by atoms with Crippen LogP contribution >= 0.6 is 0 Å². The van der Waals surface area contributed by atoms with Gasteiger partial charge in [-0.15, -0.1) is 0 Å². The lowest BCUT2D eigenvalue weighted by molar-refractivity contribution is -0.138. The van der Waals surface area contributed by atoms with Gasteiger partial charge in [0.25, 0.3) is 0 Å². The van der Waals surface area contributed by atoms with E-state index in [0.29, 0.717) is 12.2 Å². The highest BCUT2D eigenvalue weighted by molar-refractivity contribution is 5.88. The summed E-state index contributed by atoms with van der Waals surface area (Å²) in [5, 5.41) is 8.77. The lowest BCUT2D eigenvalue weighted by atomic mass is 10.1. The van der Waals surface area contributed by atoms with Crippen LogP contribution < -0.4 is 0 Å². The first-order valence-corrected chi connectivity index (χ1v) is 6.84. The first-order chi connectivity index (χ1) is 9.72. The number of nitriles is 1. The van der Waals surface area contributed by atoms with Gasteiger partial charge in [-0.2, -0.15) is 5.26 Å². The Hall–Kier alpha value is -2.28. The van der Waals surface area contributed by atoms with Gasteiger partial charge in [-0.3, -0.25) is 0 Å². The van der Waals surface area contributed by atoms with Crippen LogP contribution in [0.4, 0.5) is 0 Å². The lowest BCUT2D eigenvalue weighted by Gasteiger charge is -2.26. The van der Waals surface area contributed by atoms with Crippen LogP contribution in [-0.4, -0.2) is 24.0 Å². The minimum Gasteiger partial charge on any atom is -0.463 e. The Morgan fingerprint density at radius 1 is 1.40 bits per heavy atom. The first kappa shape index (κ1) is 14.1. The topological polar surface area (TPSA) is 53.3 Å². The van der Waals surface area contributed by atoms with Crippen molar-refractivity contribution in [3.8, 4) is 6.07 Å². The Morgan fingerprint density at radius 2 is 2.15 bits per heavy atom. The second-order valence-electron chi connectivity index (χ2n) is 4.76. The molecule has 1 aromatic rings.